The number of hydrogen-bond acceptors (Lipinski definition) is 5. The number of aromatic nitrogens is 1. The van der Waals surface area contributed by atoms with Gasteiger partial charge in [0, 0.05) is 11.6 Å². The summed E-state index contributed by atoms with van der Waals surface area (Å²) in [6.07, 6.45) is 10.3. The Morgan fingerprint density at radius 3 is 2.14 bits per heavy atom. The fourth-order valence-corrected chi connectivity index (χ4v) is 8.55. The number of carbonyl (C=O) groups is 2. The number of rotatable bonds is 6. The van der Waals surface area contributed by atoms with E-state index in [1.54, 1.807) is 24.3 Å². The van der Waals surface area contributed by atoms with Gasteiger partial charge in [0.15, 0.2) is 0 Å². The minimum atomic E-state index is -3.74. The van der Waals surface area contributed by atoms with Crippen LogP contribution in [0.2, 0.25) is 0 Å². The third kappa shape index (κ3) is 4.15. The number of fused-ring (bicyclic) bond motifs is 1. The van der Waals surface area contributed by atoms with Crippen LogP contribution in [0.4, 0.5) is 5.69 Å². The average molecular weight is 521 g/mol. The number of anilines is 1. The van der Waals surface area contributed by atoms with E-state index in [9.17, 15) is 18.0 Å². The van der Waals surface area contributed by atoms with E-state index < -0.39 is 21.9 Å². The summed E-state index contributed by atoms with van der Waals surface area (Å²) in [5.41, 5.74) is 2.77. The second-order valence-electron chi connectivity index (χ2n) is 11.3. The highest BCUT2D eigenvalue weighted by molar-refractivity contribution is 7.92. The summed E-state index contributed by atoms with van der Waals surface area (Å²) in [6.45, 7) is -0.380. The van der Waals surface area contributed by atoms with Crippen LogP contribution in [0, 0.1) is 17.8 Å². The second kappa shape index (κ2) is 8.72. The number of hydrogen-bond donors (Lipinski definition) is 0. The molecule has 4 saturated carbocycles. The van der Waals surface area contributed by atoms with Crippen LogP contribution < -0.4 is 4.31 Å². The average Bonchev–Trinajstić information content (AvgIpc) is 3.25. The Kier molecular flexibility index (Phi) is 5.71. The van der Waals surface area contributed by atoms with E-state index in [0.717, 1.165) is 28.3 Å². The van der Waals surface area contributed by atoms with Crippen LogP contribution >= 0.6 is 0 Å². The Morgan fingerprint density at radius 2 is 1.57 bits per heavy atom. The molecule has 4 fully saturated rings. The molecule has 4 aliphatic carbocycles. The first-order valence-electron chi connectivity index (χ1n) is 13.0. The smallest absolute Gasteiger partial charge is 0.340 e. The zero-order valence-electron chi connectivity index (χ0n) is 21.2. The van der Waals surface area contributed by atoms with E-state index >= 15 is 0 Å². The quantitative estimate of drug-likeness (QED) is 0.427. The Balaban J connectivity index is 1.30. The maximum absolute atomic E-state index is 13.4. The minimum absolute atomic E-state index is 0.216. The zero-order chi connectivity index (χ0) is 25.9. The normalized spacial score (nSPS) is 26.4. The molecule has 0 saturated heterocycles. The molecule has 2 aromatic carbocycles. The Bertz CT molecular complexity index is 1450. The maximum atomic E-state index is 13.4. The summed E-state index contributed by atoms with van der Waals surface area (Å²) < 4.78 is 33.0. The third-order valence-electron chi connectivity index (χ3n) is 8.87. The molecule has 1 aromatic heterocycles. The molecular weight excluding hydrogens is 488 g/mol. The molecule has 0 N–H and O–H groups in total. The third-order valence-corrected chi connectivity index (χ3v) is 10.0. The van der Waals surface area contributed by atoms with E-state index in [1.165, 1.54) is 62.0 Å². The van der Waals surface area contributed by atoms with Gasteiger partial charge in [-0.3, -0.25) is 13.7 Å². The summed E-state index contributed by atoms with van der Waals surface area (Å²) in [6, 6.07) is 14.8. The summed E-state index contributed by atoms with van der Waals surface area (Å²) in [7, 11) is -2.45. The molecule has 0 radical (unpaired) electrons. The van der Waals surface area contributed by atoms with Crippen LogP contribution in [0.15, 0.2) is 54.7 Å². The van der Waals surface area contributed by atoms with Crippen molar-refractivity contribution in [1.29, 1.82) is 0 Å². The number of carbonyl (C=O) groups excluding carboxylic acids is 2. The van der Waals surface area contributed by atoms with Crippen molar-refractivity contribution in [2.75, 3.05) is 24.2 Å². The molecule has 4 bridgehead atoms. The molecule has 0 aliphatic heterocycles. The number of sulfonamides is 1. The molecule has 7 nitrogen and oxygen atoms in total. The lowest BCUT2D eigenvalue weighted by molar-refractivity contribution is -0.00518. The fourth-order valence-electron chi connectivity index (χ4n) is 7.70. The van der Waals surface area contributed by atoms with E-state index in [4.69, 9.17) is 4.74 Å². The van der Waals surface area contributed by atoms with Crippen molar-refractivity contribution in [2.45, 2.75) is 43.9 Å². The predicted octanol–water partition coefficient (Wildman–Crippen LogP) is 5.00. The van der Waals surface area contributed by atoms with Gasteiger partial charge in [0.05, 0.1) is 30.1 Å². The predicted molar refractivity (Wildman–Crippen MR) is 142 cm³/mol. The van der Waals surface area contributed by atoms with E-state index in [-0.39, 0.29) is 17.5 Å². The highest BCUT2D eigenvalue weighted by Crippen LogP contribution is 2.60. The molecule has 8 heteroatoms. The fraction of sp³-hybridized carbons (Fsp3) is 0.448. The van der Waals surface area contributed by atoms with Gasteiger partial charge in [-0.1, -0.05) is 30.3 Å². The zero-order valence-corrected chi connectivity index (χ0v) is 22.0. The van der Waals surface area contributed by atoms with Crippen molar-refractivity contribution < 1.29 is 22.7 Å². The molecule has 0 atom stereocenters. The monoisotopic (exact) mass is 520 g/mol. The van der Waals surface area contributed by atoms with Crippen LogP contribution in [-0.4, -0.2) is 44.8 Å². The van der Waals surface area contributed by atoms with Crippen molar-refractivity contribution in [2.24, 2.45) is 17.8 Å². The topological polar surface area (TPSA) is 85.7 Å². The van der Waals surface area contributed by atoms with Gasteiger partial charge in [-0.15, -0.1) is 0 Å². The van der Waals surface area contributed by atoms with E-state index in [2.05, 4.69) is 12.1 Å². The minimum Gasteiger partial charge on any atom is -0.465 e. The summed E-state index contributed by atoms with van der Waals surface area (Å²) in [5.74, 6) is 1.46. The molecule has 0 spiro atoms. The van der Waals surface area contributed by atoms with Gasteiger partial charge in [-0.2, -0.15) is 0 Å². The Labute approximate surface area is 217 Å². The van der Waals surface area contributed by atoms with Gasteiger partial charge in [0.1, 0.15) is 6.54 Å². The van der Waals surface area contributed by atoms with Crippen molar-refractivity contribution >= 4 is 38.5 Å². The van der Waals surface area contributed by atoms with Gasteiger partial charge in [-0.25, -0.2) is 13.2 Å². The van der Waals surface area contributed by atoms with E-state index in [0.29, 0.717) is 16.6 Å². The highest BCUT2D eigenvalue weighted by Gasteiger charge is 2.51. The molecule has 0 unspecified atom stereocenters. The standard InChI is InChI=1S/C29H32N2O5S/c1-36-28(33)25-17-30(26-6-4-3-5-24(25)26)27(32)18-31(37(2,34)35)23-9-7-22(8-10-23)29-14-19-11-20(15-29)13-21(12-19)16-29/h3-10,17,19-21H,11-16,18H2,1-2H3. The number of benzene rings is 2. The molecule has 37 heavy (non-hydrogen) atoms. The van der Waals surface area contributed by atoms with E-state index in [1.807, 2.05) is 12.1 Å². The maximum Gasteiger partial charge on any atom is 0.340 e. The number of para-hydroxylation sites is 1. The molecule has 7 rings (SSSR count). The molecule has 0 amide bonds. The SMILES string of the molecule is COC(=O)c1cn(C(=O)CN(c2ccc(C34CC5CC(CC(C5)C3)C4)cc2)S(C)(=O)=O)c2ccccc12. The van der Waals surface area contributed by atoms with Gasteiger partial charge in [-0.05, 0) is 85.5 Å². The molecule has 1 heterocycles. The van der Waals surface area contributed by atoms with Gasteiger partial charge in [0.2, 0.25) is 10.0 Å². The number of methoxy groups -OCH3 is 1. The van der Waals surface area contributed by atoms with Gasteiger partial charge < -0.3 is 4.74 Å². The van der Waals surface area contributed by atoms with Crippen LogP contribution in [0.5, 0.6) is 0 Å². The van der Waals surface area contributed by atoms with Crippen LogP contribution in [-0.2, 0) is 20.2 Å². The first-order chi connectivity index (χ1) is 17.7. The number of esters is 1. The van der Waals surface area contributed by atoms with Gasteiger partial charge >= 0.3 is 5.97 Å². The van der Waals surface area contributed by atoms with Gasteiger partial charge in [0.25, 0.3) is 5.91 Å². The molecule has 194 valence electrons. The first kappa shape index (κ1) is 24.2. The highest BCUT2D eigenvalue weighted by atomic mass is 32.2. The first-order valence-corrected chi connectivity index (χ1v) is 14.8. The van der Waals surface area contributed by atoms with Crippen LogP contribution in [0.25, 0.3) is 10.9 Å². The number of ether oxygens (including phenoxy) is 1. The molecular formula is C29H32N2O5S. The summed E-state index contributed by atoms with van der Waals surface area (Å²) >= 11 is 0. The number of nitrogens with zero attached hydrogens (tertiary/aromatic N) is 2. The molecule has 4 aliphatic rings. The lowest BCUT2D eigenvalue weighted by Gasteiger charge is -2.57. The van der Waals surface area contributed by atoms with Crippen LogP contribution in [0.3, 0.4) is 0 Å². The molecule has 3 aromatic rings. The lowest BCUT2D eigenvalue weighted by atomic mass is 9.48. The van der Waals surface area contributed by atoms with Crippen molar-refractivity contribution in [1.82, 2.24) is 4.57 Å². The van der Waals surface area contributed by atoms with Crippen LogP contribution in [0.1, 0.15) is 59.2 Å². The lowest BCUT2D eigenvalue weighted by Crippen LogP contribution is -2.48. The second-order valence-corrected chi connectivity index (χ2v) is 13.2. The summed E-state index contributed by atoms with van der Waals surface area (Å²) in [4.78, 5) is 25.7. The summed E-state index contributed by atoms with van der Waals surface area (Å²) in [5, 5.41) is 0.577. The van der Waals surface area contributed by atoms with Crippen molar-refractivity contribution in [3.8, 4) is 0 Å². The Hall–Kier alpha value is -3.13. The largest absolute Gasteiger partial charge is 0.465 e. The van der Waals surface area contributed by atoms with Crippen molar-refractivity contribution in [3.05, 3.63) is 65.9 Å². The van der Waals surface area contributed by atoms with Crippen molar-refractivity contribution in [3.63, 3.8) is 0 Å². The Morgan fingerprint density at radius 1 is 0.973 bits per heavy atom.